The molecular formula is C18H10F5N3O. The molecule has 0 fully saturated rings. The van der Waals surface area contributed by atoms with Crippen LogP contribution in [0.1, 0.15) is 10.4 Å². The number of carbonyl (C=O) groups is 1. The van der Waals surface area contributed by atoms with Crippen LogP contribution in [0.25, 0.3) is 0 Å². The number of pyridine rings is 1. The van der Waals surface area contributed by atoms with Gasteiger partial charge in [0, 0.05) is 0 Å². The van der Waals surface area contributed by atoms with Crippen LogP contribution in [0.5, 0.6) is 0 Å². The molecule has 0 aliphatic heterocycles. The maximum atomic E-state index is 13.6. The van der Waals surface area contributed by atoms with Crippen LogP contribution >= 0.6 is 0 Å². The highest BCUT2D eigenvalue weighted by Crippen LogP contribution is 2.23. The molecule has 1 aromatic heterocycles. The Kier molecular flexibility index (Phi) is 5.02. The summed E-state index contributed by atoms with van der Waals surface area (Å²) in [6, 6.07) is 7.40. The summed E-state index contributed by atoms with van der Waals surface area (Å²) >= 11 is 0. The zero-order chi connectivity index (χ0) is 19.6. The Balaban J connectivity index is 1.74. The molecule has 0 unspecified atom stereocenters. The Hall–Kier alpha value is -3.49. The minimum Gasteiger partial charge on any atom is -0.349 e. The van der Waals surface area contributed by atoms with Crippen LogP contribution < -0.4 is 10.6 Å². The third-order valence-electron chi connectivity index (χ3n) is 3.52. The van der Waals surface area contributed by atoms with Crippen molar-refractivity contribution in [3.63, 3.8) is 0 Å². The molecule has 0 radical (unpaired) electrons. The smallest absolute Gasteiger partial charge is 0.259 e. The molecule has 0 spiro atoms. The van der Waals surface area contributed by atoms with Crippen molar-refractivity contribution in [2.45, 2.75) is 0 Å². The second kappa shape index (κ2) is 7.40. The molecule has 4 nitrogen and oxygen atoms in total. The van der Waals surface area contributed by atoms with Crippen molar-refractivity contribution in [2.24, 2.45) is 0 Å². The van der Waals surface area contributed by atoms with Gasteiger partial charge in [-0.15, -0.1) is 0 Å². The molecule has 27 heavy (non-hydrogen) atoms. The first-order chi connectivity index (χ1) is 12.9. The number of rotatable bonds is 4. The summed E-state index contributed by atoms with van der Waals surface area (Å²) in [6.45, 7) is 0. The van der Waals surface area contributed by atoms with Gasteiger partial charge in [0.15, 0.2) is 17.5 Å². The van der Waals surface area contributed by atoms with E-state index in [4.69, 9.17) is 0 Å². The van der Waals surface area contributed by atoms with Crippen molar-refractivity contribution in [1.29, 1.82) is 0 Å². The van der Waals surface area contributed by atoms with Crippen LogP contribution in [0, 0.1) is 29.1 Å². The van der Waals surface area contributed by atoms with Gasteiger partial charge in [-0.25, -0.2) is 26.9 Å². The van der Waals surface area contributed by atoms with Crippen molar-refractivity contribution >= 4 is 23.1 Å². The average molecular weight is 379 g/mol. The van der Waals surface area contributed by atoms with E-state index in [9.17, 15) is 26.7 Å². The number of nitrogens with zero attached hydrogens (tertiary/aromatic N) is 1. The standard InChI is InChI=1S/C18H10F5N3O/c19-11-6-5-10(15(22)16(11)23)18(27)26-14-7-4-9(8-24-14)25-17-12(20)2-1-3-13(17)21/h1-8,25H,(H,24,26,27). The quantitative estimate of drug-likeness (QED) is 0.507. The van der Waals surface area contributed by atoms with E-state index in [0.717, 1.165) is 18.2 Å². The first kappa shape index (κ1) is 18.3. The third kappa shape index (κ3) is 3.86. The Labute approximate surface area is 149 Å². The summed E-state index contributed by atoms with van der Waals surface area (Å²) in [7, 11) is 0. The van der Waals surface area contributed by atoms with Gasteiger partial charge < -0.3 is 10.6 Å². The zero-order valence-corrected chi connectivity index (χ0v) is 13.4. The number of anilines is 3. The summed E-state index contributed by atoms with van der Waals surface area (Å²) in [5.41, 5.74) is -0.859. The average Bonchev–Trinajstić information content (AvgIpc) is 2.64. The predicted octanol–water partition coefficient (Wildman–Crippen LogP) is 4.77. The molecule has 1 heterocycles. The lowest BCUT2D eigenvalue weighted by Crippen LogP contribution is -2.16. The van der Waals surface area contributed by atoms with Gasteiger partial charge in [0.2, 0.25) is 0 Å². The summed E-state index contributed by atoms with van der Waals surface area (Å²) in [4.78, 5) is 15.8. The van der Waals surface area contributed by atoms with E-state index in [-0.39, 0.29) is 17.2 Å². The second-order valence-electron chi connectivity index (χ2n) is 5.33. The van der Waals surface area contributed by atoms with Crippen LogP contribution in [0.2, 0.25) is 0 Å². The molecule has 1 amide bonds. The first-order valence-electron chi connectivity index (χ1n) is 7.48. The maximum absolute atomic E-state index is 13.6. The number of para-hydroxylation sites is 1. The monoisotopic (exact) mass is 379 g/mol. The molecule has 9 heteroatoms. The molecule has 2 aromatic carbocycles. The Bertz CT molecular complexity index is 988. The van der Waals surface area contributed by atoms with E-state index >= 15 is 0 Å². The molecule has 3 rings (SSSR count). The minimum atomic E-state index is -1.76. The van der Waals surface area contributed by atoms with Gasteiger partial charge in [-0.05, 0) is 36.4 Å². The fourth-order valence-corrected chi connectivity index (χ4v) is 2.19. The molecule has 0 aliphatic rings. The Morgan fingerprint density at radius 2 is 1.52 bits per heavy atom. The Morgan fingerprint density at radius 3 is 2.15 bits per heavy atom. The van der Waals surface area contributed by atoms with E-state index < -0.39 is 40.6 Å². The summed E-state index contributed by atoms with van der Waals surface area (Å²) in [5.74, 6) is -7.49. The predicted molar refractivity (Wildman–Crippen MR) is 88.1 cm³/mol. The number of amides is 1. The van der Waals surface area contributed by atoms with Crippen molar-refractivity contribution in [2.75, 3.05) is 10.6 Å². The lowest BCUT2D eigenvalue weighted by molar-refractivity contribution is 0.102. The number of halogens is 5. The maximum Gasteiger partial charge on any atom is 0.259 e. The van der Waals surface area contributed by atoms with Gasteiger partial charge >= 0.3 is 0 Å². The van der Waals surface area contributed by atoms with Crippen molar-refractivity contribution in [3.05, 3.63) is 83.3 Å². The van der Waals surface area contributed by atoms with E-state index in [1.165, 1.54) is 24.4 Å². The number of hydrogen-bond acceptors (Lipinski definition) is 3. The fourth-order valence-electron chi connectivity index (χ4n) is 2.19. The zero-order valence-electron chi connectivity index (χ0n) is 13.4. The van der Waals surface area contributed by atoms with Gasteiger partial charge in [0.05, 0.1) is 17.4 Å². The molecule has 0 saturated heterocycles. The van der Waals surface area contributed by atoms with Crippen molar-refractivity contribution < 1.29 is 26.7 Å². The van der Waals surface area contributed by atoms with E-state index in [0.29, 0.717) is 6.07 Å². The van der Waals surface area contributed by atoms with Gasteiger partial charge in [-0.3, -0.25) is 4.79 Å². The minimum absolute atomic E-state index is 0.0383. The molecule has 0 saturated carbocycles. The molecule has 138 valence electrons. The van der Waals surface area contributed by atoms with Crippen LogP contribution in [-0.2, 0) is 0 Å². The largest absolute Gasteiger partial charge is 0.349 e. The number of nitrogens with one attached hydrogen (secondary N) is 2. The number of carbonyl (C=O) groups excluding carboxylic acids is 1. The lowest BCUT2D eigenvalue weighted by Gasteiger charge is -2.10. The highest BCUT2D eigenvalue weighted by atomic mass is 19.2. The normalized spacial score (nSPS) is 10.6. The Morgan fingerprint density at radius 1 is 0.815 bits per heavy atom. The SMILES string of the molecule is O=C(Nc1ccc(Nc2c(F)cccc2F)cn1)c1ccc(F)c(F)c1F. The van der Waals surface area contributed by atoms with Gasteiger partial charge in [0.25, 0.3) is 5.91 Å². The lowest BCUT2D eigenvalue weighted by atomic mass is 10.2. The van der Waals surface area contributed by atoms with Gasteiger partial charge in [-0.1, -0.05) is 6.07 Å². The van der Waals surface area contributed by atoms with Gasteiger partial charge in [-0.2, -0.15) is 0 Å². The van der Waals surface area contributed by atoms with Crippen molar-refractivity contribution in [1.82, 2.24) is 4.98 Å². The number of benzene rings is 2. The number of hydrogen-bond donors (Lipinski definition) is 2. The topological polar surface area (TPSA) is 54.0 Å². The third-order valence-corrected chi connectivity index (χ3v) is 3.52. The van der Waals surface area contributed by atoms with Crippen LogP contribution in [0.15, 0.2) is 48.7 Å². The van der Waals surface area contributed by atoms with Crippen LogP contribution in [0.4, 0.5) is 39.1 Å². The molecular weight excluding hydrogens is 369 g/mol. The molecule has 3 aromatic rings. The highest BCUT2D eigenvalue weighted by molar-refractivity contribution is 6.04. The van der Waals surface area contributed by atoms with E-state index in [2.05, 4.69) is 15.6 Å². The van der Waals surface area contributed by atoms with Crippen molar-refractivity contribution in [3.8, 4) is 0 Å². The van der Waals surface area contributed by atoms with E-state index in [1.54, 1.807) is 0 Å². The summed E-state index contributed by atoms with van der Waals surface area (Å²) < 4.78 is 66.9. The number of aromatic nitrogens is 1. The molecule has 0 bridgehead atoms. The molecule has 0 aliphatic carbocycles. The highest BCUT2D eigenvalue weighted by Gasteiger charge is 2.19. The summed E-state index contributed by atoms with van der Waals surface area (Å²) in [6.07, 6.45) is 1.17. The van der Waals surface area contributed by atoms with Crippen LogP contribution in [0.3, 0.4) is 0 Å². The van der Waals surface area contributed by atoms with Gasteiger partial charge in [0.1, 0.15) is 23.1 Å². The molecule has 2 N–H and O–H groups in total. The second-order valence-corrected chi connectivity index (χ2v) is 5.33. The summed E-state index contributed by atoms with van der Waals surface area (Å²) in [5, 5.41) is 4.70. The van der Waals surface area contributed by atoms with E-state index in [1.807, 2.05) is 0 Å². The molecule has 0 atom stereocenters. The first-order valence-corrected chi connectivity index (χ1v) is 7.48. The fraction of sp³-hybridized carbons (Fsp3) is 0. The van der Waals surface area contributed by atoms with Crippen LogP contribution in [-0.4, -0.2) is 10.9 Å².